The number of hydrogen-bond acceptors (Lipinski definition) is 4. The van der Waals surface area contributed by atoms with E-state index < -0.39 is 17.7 Å². The molecule has 2 aromatic carbocycles. The number of anilines is 1. The Labute approximate surface area is 153 Å². The van der Waals surface area contributed by atoms with Gasteiger partial charge in [0, 0.05) is 26.3 Å². The Morgan fingerprint density at radius 1 is 1.08 bits per heavy atom. The SMILES string of the molecule is CC(=O)C1=C(O)C(=O)N(Cc2ccccc2)[C@H]1c1ccc(N(C)C)cc1. The number of aliphatic hydroxyl groups excluding tert-OH is 1. The molecule has 0 aliphatic carbocycles. The van der Waals surface area contributed by atoms with Crippen LogP contribution in [0.5, 0.6) is 0 Å². The van der Waals surface area contributed by atoms with Crippen LogP contribution in [-0.2, 0) is 16.1 Å². The van der Waals surface area contributed by atoms with Gasteiger partial charge in [0.25, 0.3) is 5.91 Å². The Hall–Kier alpha value is -3.08. The van der Waals surface area contributed by atoms with Crippen LogP contribution in [0.1, 0.15) is 24.1 Å². The summed E-state index contributed by atoms with van der Waals surface area (Å²) in [5.41, 5.74) is 2.91. The summed E-state index contributed by atoms with van der Waals surface area (Å²) in [7, 11) is 3.89. The largest absolute Gasteiger partial charge is 0.503 e. The van der Waals surface area contributed by atoms with Crippen molar-refractivity contribution in [2.75, 3.05) is 19.0 Å². The highest BCUT2D eigenvalue weighted by molar-refractivity contribution is 6.08. The highest BCUT2D eigenvalue weighted by Gasteiger charge is 2.42. The van der Waals surface area contributed by atoms with Gasteiger partial charge < -0.3 is 14.9 Å². The lowest BCUT2D eigenvalue weighted by Crippen LogP contribution is -2.30. The lowest BCUT2D eigenvalue weighted by Gasteiger charge is -2.27. The van der Waals surface area contributed by atoms with E-state index in [1.54, 1.807) is 4.90 Å². The predicted octanol–water partition coefficient (Wildman–Crippen LogP) is 3.24. The van der Waals surface area contributed by atoms with Gasteiger partial charge in [-0.1, -0.05) is 42.5 Å². The van der Waals surface area contributed by atoms with Crippen molar-refractivity contribution in [2.45, 2.75) is 19.5 Å². The fourth-order valence-corrected chi connectivity index (χ4v) is 3.26. The lowest BCUT2D eigenvalue weighted by molar-refractivity contribution is -0.130. The Balaban J connectivity index is 2.02. The number of hydrogen-bond donors (Lipinski definition) is 1. The zero-order chi connectivity index (χ0) is 18.8. The number of ketones is 1. The van der Waals surface area contributed by atoms with Crippen LogP contribution in [0.15, 0.2) is 65.9 Å². The second kappa shape index (κ2) is 7.04. The summed E-state index contributed by atoms with van der Waals surface area (Å²) in [5.74, 6) is -1.26. The van der Waals surface area contributed by atoms with Gasteiger partial charge in [0.15, 0.2) is 11.5 Å². The summed E-state index contributed by atoms with van der Waals surface area (Å²) in [4.78, 5) is 28.3. The molecule has 0 saturated heterocycles. The molecule has 5 heteroatoms. The molecule has 0 saturated carbocycles. The van der Waals surface area contributed by atoms with Crippen LogP contribution in [0.2, 0.25) is 0 Å². The molecular formula is C21H22N2O3. The molecule has 0 fully saturated rings. The predicted molar refractivity (Wildman–Crippen MR) is 101 cm³/mol. The first-order valence-electron chi connectivity index (χ1n) is 8.46. The van der Waals surface area contributed by atoms with Gasteiger partial charge in [-0.3, -0.25) is 9.59 Å². The van der Waals surface area contributed by atoms with E-state index in [2.05, 4.69) is 0 Å². The number of rotatable bonds is 5. The molecule has 3 rings (SSSR count). The van der Waals surface area contributed by atoms with Crippen LogP contribution < -0.4 is 4.90 Å². The number of carbonyl (C=O) groups is 2. The van der Waals surface area contributed by atoms with E-state index in [4.69, 9.17) is 0 Å². The summed E-state index contributed by atoms with van der Waals surface area (Å²) in [6.45, 7) is 1.70. The summed E-state index contributed by atoms with van der Waals surface area (Å²) < 4.78 is 0. The Bertz CT molecular complexity index is 855. The summed E-state index contributed by atoms with van der Waals surface area (Å²) in [6.07, 6.45) is 0. The maximum Gasteiger partial charge on any atom is 0.290 e. The summed E-state index contributed by atoms with van der Waals surface area (Å²) in [5, 5.41) is 10.3. The van der Waals surface area contributed by atoms with Crippen molar-refractivity contribution in [3.63, 3.8) is 0 Å². The smallest absolute Gasteiger partial charge is 0.290 e. The maximum absolute atomic E-state index is 12.6. The van der Waals surface area contributed by atoms with Crippen molar-refractivity contribution in [1.82, 2.24) is 4.90 Å². The van der Waals surface area contributed by atoms with Crippen molar-refractivity contribution in [2.24, 2.45) is 0 Å². The number of carbonyl (C=O) groups excluding carboxylic acids is 2. The average Bonchev–Trinajstić information content (AvgIpc) is 2.87. The standard InChI is InChI=1S/C21H22N2O3/c1-14(24)18-19(16-9-11-17(12-10-16)22(2)3)23(21(26)20(18)25)13-15-7-5-4-6-8-15/h4-12,19,25H,13H2,1-3H3/t19-/m0/s1. The van der Waals surface area contributed by atoms with E-state index >= 15 is 0 Å². The van der Waals surface area contributed by atoms with Crippen molar-refractivity contribution >= 4 is 17.4 Å². The van der Waals surface area contributed by atoms with Crippen molar-refractivity contribution in [3.8, 4) is 0 Å². The fraction of sp³-hybridized carbons (Fsp3) is 0.238. The number of Topliss-reactive ketones (excluding diaryl/α,β-unsaturated/α-hetero) is 1. The normalized spacial score (nSPS) is 17.0. The third-order valence-electron chi connectivity index (χ3n) is 4.60. The van der Waals surface area contributed by atoms with E-state index in [-0.39, 0.29) is 11.4 Å². The van der Waals surface area contributed by atoms with Crippen LogP contribution in [0.25, 0.3) is 0 Å². The Morgan fingerprint density at radius 3 is 2.23 bits per heavy atom. The molecule has 134 valence electrons. The molecule has 0 radical (unpaired) electrons. The molecule has 1 N–H and O–H groups in total. The molecule has 1 heterocycles. The number of amides is 1. The third kappa shape index (κ3) is 3.20. The van der Waals surface area contributed by atoms with Gasteiger partial charge >= 0.3 is 0 Å². The Morgan fingerprint density at radius 2 is 1.69 bits per heavy atom. The van der Waals surface area contributed by atoms with Crippen molar-refractivity contribution < 1.29 is 14.7 Å². The Kier molecular flexibility index (Phi) is 4.80. The first kappa shape index (κ1) is 17.7. The summed E-state index contributed by atoms with van der Waals surface area (Å²) >= 11 is 0. The quantitative estimate of drug-likeness (QED) is 0.899. The highest BCUT2D eigenvalue weighted by Crippen LogP contribution is 2.39. The molecule has 2 aromatic rings. The van der Waals surface area contributed by atoms with Gasteiger partial charge in [0.1, 0.15) is 0 Å². The minimum Gasteiger partial charge on any atom is -0.503 e. The minimum atomic E-state index is -0.587. The zero-order valence-electron chi connectivity index (χ0n) is 15.1. The fourth-order valence-electron chi connectivity index (χ4n) is 3.26. The van der Waals surface area contributed by atoms with E-state index in [9.17, 15) is 14.7 Å². The van der Waals surface area contributed by atoms with Gasteiger partial charge in [-0.15, -0.1) is 0 Å². The van der Waals surface area contributed by atoms with E-state index in [1.165, 1.54) is 6.92 Å². The molecule has 0 unspecified atom stereocenters. The van der Waals surface area contributed by atoms with E-state index in [1.807, 2.05) is 73.6 Å². The highest BCUT2D eigenvalue weighted by atomic mass is 16.3. The summed E-state index contributed by atoms with van der Waals surface area (Å²) in [6, 6.07) is 16.6. The van der Waals surface area contributed by atoms with Crippen molar-refractivity contribution in [1.29, 1.82) is 0 Å². The van der Waals surface area contributed by atoms with Crippen LogP contribution in [0.4, 0.5) is 5.69 Å². The van der Waals surface area contributed by atoms with Gasteiger partial charge in [-0.05, 0) is 30.2 Å². The molecule has 5 nitrogen and oxygen atoms in total. The van der Waals surface area contributed by atoms with Crippen molar-refractivity contribution in [3.05, 3.63) is 77.1 Å². The molecular weight excluding hydrogens is 328 g/mol. The monoisotopic (exact) mass is 350 g/mol. The second-order valence-electron chi connectivity index (χ2n) is 6.63. The van der Waals surface area contributed by atoms with Crippen LogP contribution >= 0.6 is 0 Å². The van der Waals surface area contributed by atoms with Crippen LogP contribution in [0.3, 0.4) is 0 Å². The van der Waals surface area contributed by atoms with Crippen LogP contribution in [0, 0.1) is 0 Å². The molecule has 1 atom stereocenters. The zero-order valence-corrected chi connectivity index (χ0v) is 15.1. The van der Waals surface area contributed by atoms with E-state index in [0.29, 0.717) is 6.54 Å². The molecule has 1 amide bonds. The first-order chi connectivity index (χ1) is 12.4. The molecule has 1 aliphatic heterocycles. The van der Waals surface area contributed by atoms with Gasteiger partial charge in [-0.2, -0.15) is 0 Å². The maximum atomic E-state index is 12.6. The van der Waals surface area contributed by atoms with Gasteiger partial charge in [0.2, 0.25) is 0 Å². The van der Waals surface area contributed by atoms with E-state index in [0.717, 1.165) is 16.8 Å². The molecule has 0 spiro atoms. The number of nitrogens with zero attached hydrogens (tertiary/aromatic N) is 2. The topological polar surface area (TPSA) is 60.9 Å². The van der Waals surface area contributed by atoms with Crippen LogP contribution in [-0.4, -0.2) is 35.8 Å². The average molecular weight is 350 g/mol. The molecule has 26 heavy (non-hydrogen) atoms. The van der Waals surface area contributed by atoms with Gasteiger partial charge in [0.05, 0.1) is 11.6 Å². The number of benzene rings is 2. The first-order valence-corrected chi connectivity index (χ1v) is 8.46. The number of aliphatic hydroxyl groups is 1. The molecule has 0 bridgehead atoms. The lowest BCUT2D eigenvalue weighted by atomic mass is 9.96. The molecule has 1 aliphatic rings. The second-order valence-corrected chi connectivity index (χ2v) is 6.63. The molecule has 0 aromatic heterocycles. The third-order valence-corrected chi connectivity index (χ3v) is 4.60. The minimum absolute atomic E-state index is 0.156. The van der Waals surface area contributed by atoms with Gasteiger partial charge in [-0.25, -0.2) is 0 Å².